The highest BCUT2D eigenvalue weighted by molar-refractivity contribution is 5.76. The molecule has 6 heteroatoms. The van der Waals surface area contributed by atoms with Crippen molar-refractivity contribution in [1.82, 2.24) is 5.32 Å². The van der Waals surface area contributed by atoms with Gasteiger partial charge in [0, 0.05) is 18.4 Å². The summed E-state index contributed by atoms with van der Waals surface area (Å²) in [6.45, 7) is -1.01. The topological polar surface area (TPSA) is 38.3 Å². The number of ether oxygens (including phenoxy) is 1. The highest BCUT2D eigenvalue weighted by Crippen LogP contribution is 2.43. The molecule has 1 aliphatic rings. The Morgan fingerprint density at radius 2 is 1.91 bits per heavy atom. The third kappa shape index (κ3) is 4.73. The van der Waals surface area contributed by atoms with Crippen molar-refractivity contribution in [3.63, 3.8) is 0 Å². The van der Waals surface area contributed by atoms with Gasteiger partial charge in [-0.25, -0.2) is 0 Å². The van der Waals surface area contributed by atoms with E-state index in [1.807, 2.05) is 18.2 Å². The van der Waals surface area contributed by atoms with Crippen LogP contribution in [0.1, 0.15) is 31.2 Å². The molecular weight excluding hydrogens is 295 g/mol. The smallest absolute Gasteiger partial charge is 0.372 e. The van der Waals surface area contributed by atoms with Gasteiger partial charge in [0.05, 0.1) is 6.61 Å². The zero-order chi connectivity index (χ0) is 16.1. The third-order valence-corrected chi connectivity index (χ3v) is 4.06. The fourth-order valence-electron chi connectivity index (χ4n) is 2.67. The maximum absolute atomic E-state index is 11.9. The fraction of sp³-hybridized carbons (Fsp3) is 0.562. The summed E-state index contributed by atoms with van der Waals surface area (Å²) in [6.07, 6.45) is -1.25. The summed E-state index contributed by atoms with van der Waals surface area (Å²) in [5, 5.41) is 2.82. The SMILES string of the molecule is O=C(CCOCC(F)(F)F)NCC1(c2ccccc2)CCC1. The van der Waals surface area contributed by atoms with E-state index >= 15 is 0 Å². The molecule has 0 spiro atoms. The Kier molecular flexibility index (Phi) is 5.45. The van der Waals surface area contributed by atoms with Crippen LogP contribution >= 0.6 is 0 Å². The van der Waals surface area contributed by atoms with Crippen LogP contribution in [0.3, 0.4) is 0 Å². The average Bonchev–Trinajstić information content (AvgIpc) is 2.43. The first-order valence-electron chi connectivity index (χ1n) is 7.38. The summed E-state index contributed by atoms with van der Waals surface area (Å²) in [5.41, 5.74) is 1.18. The molecule has 1 amide bonds. The quantitative estimate of drug-likeness (QED) is 0.785. The molecule has 0 aliphatic heterocycles. The van der Waals surface area contributed by atoms with Gasteiger partial charge in [-0.15, -0.1) is 0 Å². The first-order chi connectivity index (χ1) is 10.4. The summed E-state index contributed by atoms with van der Waals surface area (Å²) in [5.74, 6) is -0.274. The molecule has 1 aliphatic carbocycles. The summed E-state index contributed by atoms with van der Waals surface area (Å²) < 4.78 is 40.1. The summed E-state index contributed by atoms with van der Waals surface area (Å²) in [6, 6.07) is 10.0. The number of nitrogens with one attached hydrogen (secondary N) is 1. The lowest BCUT2D eigenvalue weighted by molar-refractivity contribution is -0.174. The second-order valence-corrected chi connectivity index (χ2v) is 5.69. The van der Waals surface area contributed by atoms with Crippen LogP contribution in [0, 0.1) is 0 Å². The summed E-state index contributed by atoms with van der Waals surface area (Å²) >= 11 is 0. The number of alkyl halides is 3. The molecule has 122 valence electrons. The van der Waals surface area contributed by atoms with Crippen molar-refractivity contribution in [2.24, 2.45) is 0 Å². The van der Waals surface area contributed by atoms with Crippen LogP contribution in [0.2, 0.25) is 0 Å². The molecule has 0 aromatic heterocycles. The number of benzene rings is 1. The number of carbonyl (C=O) groups is 1. The molecule has 0 unspecified atom stereocenters. The summed E-state index contributed by atoms with van der Waals surface area (Å²) in [4.78, 5) is 11.7. The molecule has 0 atom stereocenters. The molecule has 0 bridgehead atoms. The minimum Gasteiger partial charge on any atom is -0.372 e. The van der Waals surface area contributed by atoms with Crippen LogP contribution in [0.15, 0.2) is 30.3 Å². The number of rotatable bonds is 7. The lowest BCUT2D eigenvalue weighted by Crippen LogP contribution is -2.45. The van der Waals surface area contributed by atoms with E-state index in [2.05, 4.69) is 22.2 Å². The fourth-order valence-corrected chi connectivity index (χ4v) is 2.67. The van der Waals surface area contributed by atoms with Crippen LogP contribution < -0.4 is 5.32 Å². The number of amides is 1. The van der Waals surface area contributed by atoms with Gasteiger partial charge in [0.2, 0.25) is 5.91 Å². The Hall–Kier alpha value is -1.56. The molecule has 1 N–H and O–H groups in total. The largest absolute Gasteiger partial charge is 0.411 e. The first-order valence-corrected chi connectivity index (χ1v) is 7.38. The molecule has 22 heavy (non-hydrogen) atoms. The normalized spacial score (nSPS) is 16.9. The zero-order valence-corrected chi connectivity index (χ0v) is 12.3. The number of hydrogen-bond donors (Lipinski definition) is 1. The Morgan fingerprint density at radius 1 is 1.23 bits per heavy atom. The second-order valence-electron chi connectivity index (χ2n) is 5.69. The van der Waals surface area contributed by atoms with Crippen LogP contribution in [0.5, 0.6) is 0 Å². The minimum atomic E-state index is -4.35. The van der Waals surface area contributed by atoms with Crippen LogP contribution in [0.4, 0.5) is 13.2 Å². The molecule has 1 saturated carbocycles. The summed E-state index contributed by atoms with van der Waals surface area (Å²) in [7, 11) is 0. The Balaban J connectivity index is 1.73. The van der Waals surface area contributed by atoms with E-state index in [9.17, 15) is 18.0 Å². The van der Waals surface area contributed by atoms with Gasteiger partial charge in [0.1, 0.15) is 6.61 Å². The maximum Gasteiger partial charge on any atom is 0.411 e. The van der Waals surface area contributed by atoms with Crippen LogP contribution in [0.25, 0.3) is 0 Å². The van der Waals surface area contributed by atoms with Crippen molar-refractivity contribution in [3.05, 3.63) is 35.9 Å². The van der Waals surface area contributed by atoms with Crippen molar-refractivity contribution in [3.8, 4) is 0 Å². The Morgan fingerprint density at radius 3 is 2.45 bits per heavy atom. The first kappa shape index (κ1) is 16.8. The van der Waals surface area contributed by atoms with Crippen molar-refractivity contribution >= 4 is 5.91 Å². The lowest BCUT2D eigenvalue weighted by atomic mass is 9.64. The number of hydrogen-bond acceptors (Lipinski definition) is 2. The van der Waals surface area contributed by atoms with Gasteiger partial charge in [0.15, 0.2) is 0 Å². The molecule has 3 nitrogen and oxygen atoms in total. The van der Waals surface area contributed by atoms with E-state index in [0.29, 0.717) is 6.54 Å². The van der Waals surface area contributed by atoms with Crippen molar-refractivity contribution in [2.75, 3.05) is 19.8 Å². The van der Waals surface area contributed by atoms with Gasteiger partial charge in [0.25, 0.3) is 0 Å². The van der Waals surface area contributed by atoms with Gasteiger partial charge in [-0.1, -0.05) is 36.8 Å². The van der Waals surface area contributed by atoms with Crippen LogP contribution in [-0.2, 0) is 14.9 Å². The Labute approximate surface area is 127 Å². The molecule has 2 rings (SSSR count). The molecule has 0 saturated heterocycles. The van der Waals surface area contributed by atoms with Crippen molar-refractivity contribution in [2.45, 2.75) is 37.3 Å². The molecule has 0 radical (unpaired) electrons. The van der Waals surface area contributed by atoms with Crippen molar-refractivity contribution in [1.29, 1.82) is 0 Å². The van der Waals surface area contributed by atoms with E-state index in [4.69, 9.17) is 0 Å². The molecule has 1 aromatic carbocycles. The molecule has 1 fully saturated rings. The van der Waals surface area contributed by atoms with Gasteiger partial charge in [-0.3, -0.25) is 4.79 Å². The predicted molar refractivity (Wildman–Crippen MR) is 76.5 cm³/mol. The van der Waals surface area contributed by atoms with Crippen LogP contribution in [-0.4, -0.2) is 31.8 Å². The number of carbonyl (C=O) groups excluding carboxylic acids is 1. The second kappa shape index (κ2) is 7.13. The highest BCUT2D eigenvalue weighted by atomic mass is 19.4. The van der Waals surface area contributed by atoms with E-state index in [1.54, 1.807) is 0 Å². The van der Waals surface area contributed by atoms with Gasteiger partial charge in [-0.05, 0) is 18.4 Å². The molecule has 1 aromatic rings. The highest BCUT2D eigenvalue weighted by Gasteiger charge is 2.38. The lowest BCUT2D eigenvalue weighted by Gasteiger charge is -2.42. The minimum absolute atomic E-state index is 0.0241. The molecule has 0 heterocycles. The van der Waals surface area contributed by atoms with E-state index in [-0.39, 0.29) is 24.3 Å². The van der Waals surface area contributed by atoms with Gasteiger partial charge >= 0.3 is 6.18 Å². The van der Waals surface area contributed by atoms with E-state index in [1.165, 1.54) is 5.56 Å². The maximum atomic E-state index is 11.9. The van der Waals surface area contributed by atoms with Gasteiger partial charge < -0.3 is 10.1 Å². The van der Waals surface area contributed by atoms with E-state index in [0.717, 1.165) is 19.3 Å². The monoisotopic (exact) mass is 315 g/mol. The predicted octanol–water partition coefficient (Wildman–Crippen LogP) is 3.19. The zero-order valence-electron chi connectivity index (χ0n) is 12.3. The Bertz CT molecular complexity index is 484. The van der Waals surface area contributed by atoms with E-state index < -0.39 is 12.8 Å². The average molecular weight is 315 g/mol. The third-order valence-electron chi connectivity index (χ3n) is 4.06. The molecular formula is C16H20F3NO2. The number of halogens is 3. The standard InChI is InChI=1S/C16H20F3NO2/c17-16(18,19)12-22-10-7-14(21)20-11-15(8-4-9-15)13-5-2-1-3-6-13/h1-3,5-6H,4,7-12H2,(H,20,21). The van der Waals surface area contributed by atoms with Crippen molar-refractivity contribution < 1.29 is 22.7 Å². The van der Waals surface area contributed by atoms with Gasteiger partial charge in [-0.2, -0.15) is 13.2 Å².